The van der Waals surface area contributed by atoms with Gasteiger partial charge in [0.1, 0.15) is 11.5 Å². The van der Waals surface area contributed by atoms with Gasteiger partial charge < -0.3 is 14.8 Å². The Kier molecular flexibility index (Phi) is 3.38. The third kappa shape index (κ3) is 3.03. The maximum Gasteiger partial charge on any atom is 0.115 e. The Bertz CT molecular complexity index is 477. The molecule has 2 aromatic rings. The largest absolute Gasteiger partial charge is 0.508 e. The molecule has 1 aromatic heterocycles. The van der Waals surface area contributed by atoms with Crippen molar-refractivity contribution >= 4 is 5.69 Å². The van der Waals surface area contributed by atoms with E-state index in [4.69, 9.17) is 4.42 Å². The Balaban J connectivity index is 2.00. The van der Waals surface area contributed by atoms with Crippen molar-refractivity contribution in [1.82, 2.24) is 0 Å². The summed E-state index contributed by atoms with van der Waals surface area (Å²) in [5.74, 6) is 1.27. The van der Waals surface area contributed by atoms with Gasteiger partial charge in [0.25, 0.3) is 0 Å². The highest BCUT2D eigenvalue weighted by molar-refractivity contribution is 5.53. The van der Waals surface area contributed by atoms with Crippen LogP contribution in [0.15, 0.2) is 41.0 Å². The molecule has 1 aromatic carbocycles. The lowest BCUT2D eigenvalue weighted by atomic mass is 10.1. The summed E-state index contributed by atoms with van der Waals surface area (Å²) in [6.07, 6.45) is 2.53. The van der Waals surface area contributed by atoms with Crippen LogP contribution in [0.1, 0.15) is 18.2 Å². The first-order valence-electron chi connectivity index (χ1n) is 5.73. The number of anilines is 1. The normalized spacial score (nSPS) is 12.4. The van der Waals surface area contributed by atoms with E-state index in [1.165, 1.54) is 0 Å². The van der Waals surface area contributed by atoms with Gasteiger partial charge in [0.2, 0.25) is 0 Å². The highest BCUT2D eigenvalue weighted by Crippen LogP contribution is 2.21. The Morgan fingerprint density at radius 1 is 1.35 bits per heavy atom. The molecule has 2 rings (SSSR count). The predicted octanol–water partition coefficient (Wildman–Crippen LogP) is 3.34. The summed E-state index contributed by atoms with van der Waals surface area (Å²) in [5.41, 5.74) is 2.08. The third-order valence-electron chi connectivity index (χ3n) is 2.70. The van der Waals surface area contributed by atoms with E-state index in [0.29, 0.717) is 5.75 Å². The Morgan fingerprint density at radius 2 is 2.18 bits per heavy atom. The molecule has 0 amide bonds. The second kappa shape index (κ2) is 4.95. The molecule has 1 atom stereocenters. The summed E-state index contributed by atoms with van der Waals surface area (Å²) in [6, 6.07) is 9.49. The summed E-state index contributed by atoms with van der Waals surface area (Å²) in [4.78, 5) is 0. The lowest BCUT2D eigenvalue weighted by Gasteiger charge is -2.16. The first kappa shape index (κ1) is 11.6. The molecular weight excluding hydrogens is 214 g/mol. The van der Waals surface area contributed by atoms with E-state index in [9.17, 15) is 5.11 Å². The number of furan rings is 1. The number of phenols is 1. The predicted molar refractivity (Wildman–Crippen MR) is 68.3 cm³/mol. The van der Waals surface area contributed by atoms with Crippen molar-refractivity contribution in [2.45, 2.75) is 26.3 Å². The maximum atomic E-state index is 9.34. The van der Waals surface area contributed by atoms with Crippen LogP contribution >= 0.6 is 0 Å². The number of phenolic OH excluding ortho intramolecular Hbond substituents is 1. The van der Waals surface area contributed by atoms with Crippen LogP contribution in [0.4, 0.5) is 5.69 Å². The molecule has 17 heavy (non-hydrogen) atoms. The van der Waals surface area contributed by atoms with Gasteiger partial charge in [0.05, 0.1) is 6.26 Å². The fourth-order valence-electron chi connectivity index (χ4n) is 1.86. The van der Waals surface area contributed by atoms with E-state index >= 15 is 0 Å². The lowest BCUT2D eigenvalue weighted by molar-refractivity contribution is 0.475. The van der Waals surface area contributed by atoms with Gasteiger partial charge in [-0.3, -0.25) is 0 Å². The first-order chi connectivity index (χ1) is 8.15. The molecule has 0 fully saturated rings. The molecule has 0 saturated carbocycles. The summed E-state index contributed by atoms with van der Waals surface area (Å²) in [7, 11) is 0. The number of aromatic hydroxyl groups is 1. The average molecular weight is 231 g/mol. The molecule has 0 radical (unpaired) electrons. The monoisotopic (exact) mass is 231 g/mol. The van der Waals surface area contributed by atoms with Gasteiger partial charge in [0, 0.05) is 18.2 Å². The fourth-order valence-corrected chi connectivity index (χ4v) is 1.86. The summed E-state index contributed by atoms with van der Waals surface area (Å²) >= 11 is 0. The van der Waals surface area contributed by atoms with Crippen molar-refractivity contribution in [1.29, 1.82) is 0 Å². The topological polar surface area (TPSA) is 45.4 Å². The second-order valence-corrected chi connectivity index (χ2v) is 4.33. The zero-order chi connectivity index (χ0) is 12.3. The van der Waals surface area contributed by atoms with Crippen molar-refractivity contribution < 1.29 is 9.52 Å². The van der Waals surface area contributed by atoms with Crippen molar-refractivity contribution in [2.24, 2.45) is 0 Å². The molecule has 0 bridgehead atoms. The van der Waals surface area contributed by atoms with Crippen molar-refractivity contribution in [2.75, 3.05) is 5.32 Å². The van der Waals surface area contributed by atoms with Crippen molar-refractivity contribution in [3.8, 4) is 5.75 Å². The summed E-state index contributed by atoms with van der Waals surface area (Å²) in [5, 5.41) is 12.7. The zero-order valence-corrected chi connectivity index (χ0v) is 10.1. The van der Waals surface area contributed by atoms with Crippen LogP contribution < -0.4 is 5.32 Å². The number of benzene rings is 1. The van der Waals surface area contributed by atoms with Gasteiger partial charge in [-0.2, -0.15) is 0 Å². The minimum Gasteiger partial charge on any atom is -0.508 e. The summed E-state index contributed by atoms with van der Waals surface area (Å²) in [6.45, 7) is 4.08. The van der Waals surface area contributed by atoms with Crippen molar-refractivity contribution in [3.05, 3.63) is 47.9 Å². The zero-order valence-electron chi connectivity index (χ0n) is 10.1. The second-order valence-electron chi connectivity index (χ2n) is 4.33. The Labute approximate surface area is 101 Å². The number of rotatable bonds is 4. The van der Waals surface area contributed by atoms with E-state index in [2.05, 4.69) is 12.2 Å². The molecule has 1 heterocycles. The van der Waals surface area contributed by atoms with E-state index in [1.54, 1.807) is 18.4 Å². The van der Waals surface area contributed by atoms with Gasteiger partial charge in [-0.15, -0.1) is 0 Å². The van der Waals surface area contributed by atoms with Crippen LogP contribution in [0.2, 0.25) is 0 Å². The lowest BCUT2D eigenvalue weighted by Crippen LogP contribution is -2.18. The highest BCUT2D eigenvalue weighted by atomic mass is 16.3. The minimum absolute atomic E-state index is 0.282. The van der Waals surface area contributed by atoms with Crippen LogP contribution in [0, 0.1) is 6.92 Å². The standard InChI is InChI=1S/C14H17NO2/c1-10-8-12(16)5-6-14(10)15-11(2)9-13-4-3-7-17-13/h3-8,11,15-16H,9H2,1-2H3. The van der Waals surface area contributed by atoms with Gasteiger partial charge in [-0.05, 0) is 49.7 Å². The quantitative estimate of drug-likeness (QED) is 0.793. The molecule has 0 aliphatic rings. The third-order valence-corrected chi connectivity index (χ3v) is 2.70. The Hall–Kier alpha value is -1.90. The maximum absolute atomic E-state index is 9.34. The van der Waals surface area contributed by atoms with E-state index in [-0.39, 0.29) is 6.04 Å². The molecule has 0 spiro atoms. The molecular formula is C14H17NO2. The van der Waals surface area contributed by atoms with Crippen LogP contribution in [0.5, 0.6) is 5.75 Å². The van der Waals surface area contributed by atoms with E-state index < -0.39 is 0 Å². The van der Waals surface area contributed by atoms with Gasteiger partial charge >= 0.3 is 0 Å². The van der Waals surface area contributed by atoms with E-state index in [1.807, 2.05) is 25.1 Å². The fraction of sp³-hybridized carbons (Fsp3) is 0.286. The molecule has 3 nitrogen and oxygen atoms in total. The molecule has 90 valence electrons. The van der Waals surface area contributed by atoms with Crippen LogP contribution in [-0.4, -0.2) is 11.1 Å². The molecule has 0 saturated heterocycles. The van der Waals surface area contributed by atoms with Crippen LogP contribution in [0.3, 0.4) is 0 Å². The first-order valence-corrected chi connectivity index (χ1v) is 5.73. The summed E-state index contributed by atoms with van der Waals surface area (Å²) < 4.78 is 5.31. The molecule has 0 aliphatic carbocycles. The molecule has 3 heteroatoms. The van der Waals surface area contributed by atoms with Crippen LogP contribution in [0.25, 0.3) is 0 Å². The van der Waals surface area contributed by atoms with Crippen molar-refractivity contribution in [3.63, 3.8) is 0 Å². The minimum atomic E-state index is 0.282. The van der Waals surface area contributed by atoms with Gasteiger partial charge in [0.15, 0.2) is 0 Å². The molecule has 1 unspecified atom stereocenters. The smallest absolute Gasteiger partial charge is 0.115 e. The van der Waals surface area contributed by atoms with Gasteiger partial charge in [-0.25, -0.2) is 0 Å². The SMILES string of the molecule is Cc1cc(O)ccc1NC(C)Cc1ccco1. The number of nitrogens with one attached hydrogen (secondary N) is 1. The number of aryl methyl sites for hydroxylation is 1. The average Bonchev–Trinajstić information content (AvgIpc) is 2.75. The van der Waals surface area contributed by atoms with Crippen LogP contribution in [-0.2, 0) is 6.42 Å². The molecule has 0 aliphatic heterocycles. The van der Waals surface area contributed by atoms with E-state index in [0.717, 1.165) is 23.4 Å². The van der Waals surface area contributed by atoms with Gasteiger partial charge in [-0.1, -0.05) is 0 Å². The number of hydrogen-bond acceptors (Lipinski definition) is 3. The highest BCUT2D eigenvalue weighted by Gasteiger charge is 2.07. The number of hydrogen-bond donors (Lipinski definition) is 2. The Morgan fingerprint density at radius 3 is 2.82 bits per heavy atom. The molecule has 2 N–H and O–H groups in total.